The normalized spacial score (nSPS) is 11.0. The smallest absolute Gasteiger partial charge is 0.264 e. The van der Waals surface area contributed by atoms with Crippen molar-refractivity contribution in [1.82, 2.24) is 0 Å². The molecule has 0 saturated carbocycles. The summed E-state index contributed by atoms with van der Waals surface area (Å²) in [5, 5.41) is -0.886. The number of hydrogen-bond acceptors (Lipinski definition) is 5. The summed E-state index contributed by atoms with van der Waals surface area (Å²) in [5.41, 5.74) is 0.0987. The molecule has 0 N–H and O–H groups in total. The number of carbonyl (C=O) groups excluding carboxylic acids is 1. The zero-order valence-corrected chi connectivity index (χ0v) is 15.0. The highest BCUT2D eigenvalue weighted by molar-refractivity contribution is 7.92. The fourth-order valence-electron chi connectivity index (χ4n) is 2.14. The molecule has 2 rings (SSSR count). The van der Waals surface area contributed by atoms with Gasteiger partial charge in [0.25, 0.3) is 10.0 Å². The number of ether oxygens (including phenoxy) is 2. The summed E-state index contributed by atoms with van der Waals surface area (Å²) in [7, 11) is -1.38. The zero-order valence-electron chi connectivity index (χ0n) is 13.4. The fourth-order valence-corrected chi connectivity index (χ4v) is 3.76. The topological polar surface area (TPSA) is 72.9 Å². The van der Waals surface area contributed by atoms with Crippen molar-refractivity contribution in [2.75, 3.05) is 25.1 Å². The van der Waals surface area contributed by atoms with Crippen LogP contribution in [0, 0.1) is 5.82 Å². The number of benzene rings is 2. The van der Waals surface area contributed by atoms with Gasteiger partial charge in [0.1, 0.15) is 23.9 Å². The molecule has 0 aliphatic rings. The Morgan fingerprint density at radius 1 is 1.12 bits per heavy atom. The Bertz CT molecular complexity index is 871. The van der Waals surface area contributed by atoms with Crippen LogP contribution < -0.4 is 13.8 Å². The van der Waals surface area contributed by atoms with Crippen LogP contribution in [0.15, 0.2) is 47.4 Å². The highest BCUT2D eigenvalue weighted by atomic mass is 35.5. The number of halogens is 2. The molecule has 0 amide bonds. The minimum atomic E-state index is -4.18. The highest BCUT2D eigenvalue weighted by Crippen LogP contribution is 2.35. The minimum Gasteiger partial charge on any atom is -0.497 e. The van der Waals surface area contributed by atoms with Crippen LogP contribution in [0.1, 0.15) is 0 Å². The molecule has 2 aromatic rings. The summed E-state index contributed by atoms with van der Waals surface area (Å²) in [6.07, 6.45) is 0. The van der Waals surface area contributed by atoms with Gasteiger partial charge in [-0.1, -0.05) is 0 Å². The molecule has 0 radical (unpaired) electrons. The first-order valence-electron chi connectivity index (χ1n) is 6.98. The molecule has 0 unspecified atom stereocenters. The highest BCUT2D eigenvalue weighted by Gasteiger charge is 2.29. The molecule has 0 heterocycles. The largest absolute Gasteiger partial charge is 0.497 e. The molecule has 2 aromatic carbocycles. The molecular formula is C16H15ClFNO5S. The lowest BCUT2D eigenvalue weighted by Crippen LogP contribution is -2.34. The van der Waals surface area contributed by atoms with Gasteiger partial charge < -0.3 is 9.47 Å². The van der Waals surface area contributed by atoms with Gasteiger partial charge in [-0.2, -0.15) is 0 Å². The molecule has 0 aliphatic heterocycles. The molecule has 134 valence electrons. The Labute approximate surface area is 149 Å². The van der Waals surface area contributed by atoms with Crippen LogP contribution >= 0.6 is 11.6 Å². The van der Waals surface area contributed by atoms with Crippen LogP contribution in [0.3, 0.4) is 0 Å². The van der Waals surface area contributed by atoms with Gasteiger partial charge in [0.15, 0.2) is 0 Å². The molecule has 6 nitrogen and oxygen atoms in total. The summed E-state index contributed by atoms with van der Waals surface area (Å²) in [5.74, 6) is 0.0285. The quantitative estimate of drug-likeness (QED) is 0.683. The number of rotatable bonds is 7. The van der Waals surface area contributed by atoms with Crippen molar-refractivity contribution in [3.05, 3.63) is 48.3 Å². The van der Waals surface area contributed by atoms with Crippen molar-refractivity contribution >= 4 is 32.6 Å². The van der Waals surface area contributed by atoms with Crippen LogP contribution in [-0.4, -0.2) is 34.4 Å². The molecule has 0 aliphatic carbocycles. The molecular weight excluding hydrogens is 373 g/mol. The standard InChI is InChI=1S/C16H15ClFNO5S/c1-23-12-5-8-14(15(9-12)24-2)19(10-16(17)20)25(21,22)13-6-3-11(18)4-7-13/h3-9H,10H2,1-2H3. The van der Waals surface area contributed by atoms with E-state index in [-0.39, 0.29) is 16.3 Å². The first-order valence-corrected chi connectivity index (χ1v) is 8.80. The number of anilines is 1. The lowest BCUT2D eigenvalue weighted by atomic mass is 10.2. The second kappa shape index (κ2) is 7.71. The Hall–Kier alpha value is -2.32. The number of nitrogens with zero attached hydrogens (tertiary/aromatic N) is 1. The number of sulfonamides is 1. The van der Waals surface area contributed by atoms with Gasteiger partial charge in [-0.15, -0.1) is 0 Å². The van der Waals surface area contributed by atoms with E-state index in [2.05, 4.69) is 0 Å². The Kier molecular flexibility index (Phi) is 5.86. The van der Waals surface area contributed by atoms with Gasteiger partial charge in [0.05, 0.1) is 24.8 Å². The summed E-state index contributed by atoms with van der Waals surface area (Å²) >= 11 is 5.42. The van der Waals surface area contributed by atoms with Gasteiger partial charge in [-0.05, 0) is 48.0 Å². The van der Waals surface area contributed by atoms with Crippen LogP contribution in [0.2, 0.25) is 0 Å². The van der Waals surface area contributed by atoms with E-state index >= 15 is 0 Å². The molecule has 0 bridgehead atoms. The van der Waals surface area contributed by atoms with E-state index in [0.717, 1.165) is 28.6 Å². The predicted octanol–water partition coefficient (Wildman–Crippen LogP) is 2.80. The van der Waals surface area contributed by atoms with E-state index in [1.807, 2.05) is 0 Å². The summed E-state index contributed by atoms with van der Waals surface area (Å²) in [6, 6.07) is 8.65. The molecule has 9 heteroatoms. The maximum Gasteiger partial charge on any atom is 0.264 e. The van der Waals surface area contributed by atoms with Gasteiger partial charge >= 0.3 is 0 Å². The Balaban J connectivity index is 2.60. The SMILES string of the molecule is COc1ccc(N(CC(=O)Cl)S(=O)(=O)c2ccc(F)cc2)c(OC)c1. The summed E-state index contributed by atoms with van der Waals surface area (Å²) in [6.45, 7) is -0.621. The minimum absolute atomic E-state index is 0.0987. The maximum absolute atomic E-state index is 13.1. The molecule has 0 spiro atoms. The van der Waals surface area contributed by atoms with E-state index in [4.69, 9.17) is 21.1 Å². The van der Waals surface area contributed by atoms with Crippen LogP contribution in [0.5, 0.6) is 11.5 Å². The average Bonchev–Trinajstić information content (AvgIpc) is 2.59. The van der Waals surface area contributed by atoms with E-state index in [1.165, 1.54) is 32.4 Å². The monoisotopic (exact) mass is 387 g/mol. The van der Waals surface area contributed by atoms with Gasteiger partial charge in [-0.3, -0.25) is 9.10 Å². The van der Waals surface area contributed by atoms with Gasteiger partial charge in [0, 0.05) is 6.07 Å². The predicted molar refractivity (Wildman–Crippen MR) is 91.3 cm³/mol. The van der Waals surface area contributed by atoms with Crippen molar-refractivity contribution in [3.63, 3.8) is 0 Å². The van der Waals surface area contributed by atoms with Crippen molar-refractivity contribution in [2.24, 2.45) is 0 Å². The Morgan fingerprint density at radius 2 is 1.76 bits per heavy atom. The van der Waals surface area contributed by atoms with Crippen LogP contribution in [0.4, 0.5) is 10.1 Å². The van der Waals surface area contributed by atoms with Crippen LogP contribution in [-0.2, 0) is 14.8 Å². The first-order chi connectivity index (χ1) is 11.8. The first kappa shape index (κ1) is 19.0. The van der Waals surface area contributed by atoms with Crippen LogP contribution in [0.25, 0.3) is 0 Å². The lowest BCUT2D eigenvalue weighted by molar-refractivity contribution is -0.110. The molecule has 0 saturated heterocycles. The third-order valence-electron chi connectivity index (χ3n) is 3.33. The summed E-state index contributed by atoms with van der Waals surface area (Å²) in [4.78, 5) is 11.2. The number of hydrogen-bond donors (Lipinski definition) is 0. The van der Waals surface area contributed by atoms with Gasteiger partial charge in [-0.25, -0.2) is 12.8 Å². The third kappa shape index (κ3) is 4.21. The van der Waals surface area contributed by atoms with Crippen molar-refractivity contribution < 1.29 is 27.1 Å². The molecule has 0 atom stereocenters. The van der Waals surface area contributed by atoms with E-state index in [1.54, 1.807) is 0 Å². The van der Waals surface area contributed by atoms with E-state index < -0.39 is 27.6 Å². The third-order valence-corrected chi connectivity index (χ3v) is 5.22. The molecule has 0 aromatic heterocycles. The van der Waals surface area contributed by atoms with E-state index in [9.17, 15) is 17.6 Å². The second-order valence-electron chi connectivity index (χ2n) is 4.86. The zero-order chi connectivity index (χ0) is 18.6. The van der Waals surface area contributed by atoms with Crippen molar-refractivity contribution in [2.45, 2.75) is 4.90 Å². The summed E-state index contributed by atoms with van der Waals surface area (Å²) < 4.78 is 50.0. The van der Waals surface area contributed by atoms with E-state index in [0.29, 0.717) is 5.75 Å². The average molecular weight is 388 g/mol. The maximum atomic E-state index is 13.1. The lowest BCUT2D eigenvalue weighted by Gasteiger charge is -2.25. The second-order valence-corrected chi connectivity index (χ2v) is 7.14. The van der Waals surface area contributed by atoms with Crippen molar-refractivity contribution in [1.29, 1.82) is 0 Å². The number of methoxy groups -OCH3 is 2. The number of carbonyl (C=O) groups is 1. The molecule has 25 heavy (non-hydrogen) atoms. The van der Waals surface area contributed by atoms with Gasteiger partial charge in [0.2, 0.25) is 5.24 Å². The van der Waals surface area contributed by atoms with Crippen molar-refractivity contribution in [3.8, 4) is 11.5 Å². The Morgan fingerprint density at radius 3 is 2.28 bits per heavy atom. The fraction of sp³-hybridized carbons (Fsp3) is 0.188. The molecule has 0 fully saturated rings.